The van der Waals surface area contributed by atoms with Crippen LogP contribution in [-0.2, 0) is 0 Å². The maximum Gasteiger partial charge on any atom is 0.251 e. The van der Waals surface area contributed by atoms with Crippen LogP contribution in [-0.4, -0.2) is 15.3 Å². The maximum absolute atomic E-state index is 13.2. The third-order valence-electron chi connectivity index (χ3n) is 5.14. The molecule has 2 aromatic heterocycles. The molecule has 1 unspecified atom stereocenters. The SMILES string of the molecule is CC(NC(=O)c1ccc2c(c1)sc1nc(-c3ccc(F)cc3)cn12)c1ccccc1. The first-order chi connectivity index (χ1) is 14.6. The Labute approximate surface area is 176 Å². The number of amides is 1. The van der Waals surface area contributed by atoms with E-state index in [-0.39, 0.29) is 17.8 Å². The zero-order valence-electron chi connectivity index (χ0n) is 16.2. The van der Waals surface area contributed by atoms with Crippen molar-refractivity contribution in [2.45, 2.75) is 13.0 Å². The van der Waals surface area contributed by atoms with Crippen LogP contribution in [0.2, 0.25) is 0 Å². The topological polar surface area (TPSA) is 46.4 Å². The van der Waals surface area contributed by atoms with Gasteiger partial charge in [0.25, 0.3) is 5.91 Å². The molecule has 0 saturated heterocycles. The van der Waals surface area contributed by atoms with Gasteiger partial charge in [-0.25, -0.2) is 9.37 Å². The van der Waals surface area contributed by atoms with Gasteiger partial charge in [-0.05, 0) is 55.0 Å². The molecule has 3 aromatic carbocycles. The number of imidazole rings is 1. The molecule has 4 nitrogen and oxygen atoms in total. The number of rotatable bonds is 4. The van der Waals surface area contributed by atoms with E-state index in [1.165, 1.54) is 23.5 Å². The van der Waals surface area contributed by atoms with Crippen molar-refractivity contribution < 1.29 is 9.18 Å². The molecule has 0 aliphatic rings. The summed E-state index contributed by atoms with van der Waals surface area (Å²) in [7, 11) is 0. The minimum atomic E-state index is -0.266. The van der Waals surface area contributed by atoms with E-state index in [2.05, 4.69) is 10.3 Å². The van der Waals surface area contributed by atoms with E-state index in [9.17, 15) is 9.18 Å². The van der Waals surface area contributed by atoms with Crippen LogP contribution in [0.5, 0.6) is 0 Å². The van der Waals surface area contributed by atoms with Crippen LogP contribution >= 0.6 is 11.3 Å². The standard InChI is InChI=1S/C24H18FN3OS/c1-15(16-5-3-2-4-6-16)26-23(29)18-9-12-21-22(13-18)30-24-27-20(14-28(21)24)17-7-10-19(25)11-8-17/h2-15H,1H3,(H,26,29). The summed E-state index contributed by atoms with van der Waals surface area (Å²) in [6, 6.07) is 21.8. The van der Waals surface area contributed by atoms with Crippen LogP contribution in [0.15, 0.2) is 79.0 Å². The minimum absolute atomic E-state index is 0.0756. The zero-order chi connectivity index (χ0) is 20.7. The molecule has 6 heteroatoms. The fourth-order valence-electron chi connectivity index (χ4n) is 3.51. The molecule has 0 bridgehead atoms. The molecule has 0 aliphatic carbocycles. The number of hydrogen-bond donors (Lipinski definition) is 1. The van der Waals surface area contributed by atoms with Gasteiger partial charge in [0.1, 0.15) is 5.82 Å². The molecule has 0 radical (unpaired) electrons. The molecular weight excluding hydrogens is 397 g/mol. The van der Waals surface area contributed by atoms with Gasteiger partial charge in [-0.1, -0.05) is 41.7 Å². The Morgan fingerprint density at radius 1 is 1.07 bits per heavy atom. The average molecular weight is 415 g/mol. The summed E-state index contributed by atoms with van der Waals surface area (Å²) in [4.78, 5) is 18.2. The molecule has 2 heterocycles. The second kappa shape index (κ2) is 7.39. The Balaban J connectivity index is 1.43. The predicted octanol–water partition coefficient (Wildman–Crippen LogP) is 5.85. The Morgan fingerprint density at radius 3 is 2.60 bits per heavy atom. The highest BCUT2D eigenvalue weighted by Gasteiger charge is 2.15. The summed E-state index contributed by atoms with van der Waals surface area (Å²) >= 11 is 1.52. The van der Waals surface area contributed by atoms with Crippen molar-refractivity contribution in [2.24, 2.45) is 0 Å². The monoisotopic (exact) mass is 415 g/mol. The highest BCUT2D eigenvalue weighted by molar-refractivity contribution is 7.23. The van der Waals surface area contributed by atoms with Crippen molar-refractivity contribution in [3.05, 3.63) is 95.9 Å². The molecule has 5 aromatic rings. The first kappa shape index (κ1) is 18.5. The molecule has 0 fully saturated rings. The lowest BCUT2D eigenvalue weighted by Gasteiger charge is -2.14. The van der Waals surface area contributed by atoms with Crippen LogP contribution in [0.1, 0.15) is 28.9 Å². The summed E-state index contributed by atoms with van der Waals surface area (Å²) in [6.07, 6.45) is 1.94. The molecule has 0 saturated carbocycles. The third-order valence-corrected chi connectivity index (χ3v) is 6.16. The third kappa shape index (κ3) is 3.35. The lowest BCUT2D eigenvalue weighted by Crippen LogP contribution is -2.26. The number of nitrogens with zero attached hydrogens (tertiary/aromatic N) is 2. The Bertz CT molecular complexity index is 1360. The van der Waals surface area contributed by atoms with Gasteiger partial charge in [0.05, 0.1) is 22.0 Å². The van der Waals surface area contributed by atoms with E-state index < -0.39 is 0 Å². The van der Waals surface area contributed by atoms with Crippen LogP contribution in [0.25, 0.3) is 26.4 Å². The Morgan fingerprint density at radius 2 is 1.83 bits per heavy atom. The van der Waals surface area contributed by atoms with Gasteiger partial charge in [0, 0.05) is 17.3 Å². The molecular formula is C24H18FN3OS. The molecule has 0 spiro atoms. The van der Waals surface area contributed by atoms with Crippen LogP contribution < -0.4 is 5.32 Å². The van der Waals surface area contributed by atoms with E-state index in [1.807, 2.05) is 66.1 Å². The number of nitrogens with one attached hydrogen (secondary N) is 1. The molecule has 30 heavy (non-hydrogen) atoms. The van der Waals surface area contributed by atoms with Crippen molar-refractivity contribution in [3.8, 4) is 11.3 Å². The molecule has 5 rings (SSSR count). The highest BCUT2D eigenvalue weighted by Crippen LogP contribution is 2.30. The summed E-state index contributed by atoms with van der Waals surface area (Å²) < 4.78 is 16.2. The Hall–Kier alpha value is -3.51. The Kier molecular flexibility index (Phi) is 4.56. The quantitative estimate of drug-likeness (QED) is 0.400. The van der Waals surface area contributed by atoms with Crippen molar-refractivity contribution in [3.63, 3.8) is 0 Å². The number of halogens is 1. The fourth-order valence-corrected chi connectivity index (χ4v) is 4.55. The minimum Gasteiger partial charge on any atom is -0.346 e. The van der Waals surface area contributed by atoms with Gasteiger partial charge >= 0.3 is 0 Å². The number of fused-ring (bicyclic) bond motifs is 3. The van der Waals surface area contributed by atoms with E-state index in [0.29, 0.717) is 5.56 Å². The summed E-state index contributed by atoms with van der Waals surface area (Å²) in [5.41, 5.74) is 4.33. The van der Waals surface area contributed by atoms with Crippen molar-refractivity contribution in [2.75, 3.05) is 0 Å². The van der Waals surface area contributed by atoms with E-state index >= 15 is 0 Å². The fraction of sp³-hybridized carbons (Fsp3) is 0.0833. The smallest absolute Gasteiger partial charge is 0.251 e. The number of benzene rings is 3. The number of aromatic nitrogens is 2. The number of carbonyl (C=O) groups is 1. The van der Waals surface area contributed by atoms with E-state index in [4.69, 9.17) is 0 Å². The molecule has 1 amide bonds. The number of carbonyl (C=O) groups excluding carboxylic acids is 1. The van der Waals surface area contributed by atoms with Crippen LogP contribution in [0, 0.1) is 5.82 Å². The first-order valence-electron chi connectivity index (χ1n) is 9.62. The summed E-state index contributed by atoms with van der Waals surface area (Å²) in [5.74, 6) is -0.371. The van der Waals surface area contributed by atoms with Crippen LogP contribution in [0.4, 0.5) is 4.39 Å². The number of hydrogen-bond acceptors (Lipinski definition) is 3. The van der Waals surface area contributed by atoms with Gasteiger partial charge < -0.3 is 5.32 Å². The van der Waals surface area contributed by atoms with Gasteiger partial charge in [0.15, 0.2) is 4.96 Å². The molecule has 1 atom stereocenters. The van der Waals surface area contributed by atoms with Gasteiger partial charge in [-0.15, -0.1) is 0 Å². The van der Waals surface area contributed by atoms with E-state index in [1.54, 1.807) is 12.1 Å². The van der Waals surface area contributed by atoms with Gasteiger partial charge in [0.2, 0.25) is 0 Å². The highest BCUT2D eigenvalue weighted by atomic mass is 32.1. The first-order valence-corrected chi connectivity index (χ1v) is 10.4. The maximum atomic E-state index is 13.2. The summed E-state index contributed by atoms with van der Waals surface area (Å²) in [6.45, 7) is 1.97. The number of thiazole rings is 1. The molecule has 0 aliphatic heterocycles. The largest absolute Gasteiger partial charge is 0.346 e. The van der Waals surface area contributed by atoms with Gasteiger partial charge in [-0.2, -0.15) is 0 Å². The van der Waals surface area contributed by atoms with Crippen molar-refractivity contribution in [1.82, 2.24) is 14.7 Å². The normalized spacial score (nSPS) is 12.3. The predicted molar refractivity (Wildman–Crippen MR) is 118 cm³/mol. The van der Waals surface area contributed by atoms with Crippen LogP contribution in [0.3, 0.4) is 0 Å². The van der Waals surface area contributed by atoms with Gasteiger partial charge in [-0.3, -0.25) is 9.20 Å². The van der Waals surface area contributed by atoms with Crippen molar-refractivity contribution >= 4 is 32.4 Å². The average Bonchev–Trinajstić information content (AvgIpc) is 3.32. The summed E-state index contributed by atoms with van der Waals surface area (Å²) in [5, 5.41) is 3.05. The molecule has 148 valence electrons. The zero-order valence-corrected chi connectivity index (χ0v) is 17.0. The van der Waals surface area contributed by atoms with E-state index in [0.717, 1.165) is 32.0 Å². The lowest BCUT2D eigenvalue weighted by molar-refractivity contribution is 0.0940. The second-order valence-electron chi connectivity index (χ2n) is 7.18. The second-order valence-corrected chi connectivity index (χ2v) is 8.19. The van der Waals surface area contributed by atoms with Crippen molar-refractivity contribution in [1.29, 1.82) is 0 Å². The lowest BCUT2D eigenvalue weighted by atomic mass is 10.1. The molecule has 1 N–H and O–H groups in total.